The van der Waals surface area contributed by atoms with Crippen LogP contribution >= 0.6 is 0 Å². The number of aliphatic hydroxyl groups excluding tert-OH is 4. The second kappa shape index (κ2) is 33.3. The summed E-state index contributed by atoms with van der Waals surface area (Å²) >= 11 is 0. The van der Waals surface area contributed by atoms with E-state index in [0.717, 1.165) is 19.3 Å². The lowest BCUT2D eigenvalue weighted by Gasteiger charge is -2.19. The Labute approximate surface area is 312 Å². The highest BCUT2D eigenvalue weighted by Crippen LogP contribution is 2.32. The fourth-order valence-electron chi connectivity index (χ4n) is 4.38. The zero-order valence-corrected chi connectivity index (χ0v) is 32.4. The third-order valence-corrected chi connectivity index (χ3v) is 7.71. The molecule has 4 N–H and O–H groups in total. The van der Waals surface area contributed by atoms with E-state index in [9.17, 15) is 15.3 Å². The minimum Gasteiger partial charge on any atom is -0.390 e. The van der Waals surface area contributed by atoms with Crippen LogP contribution in [-0.2, 0) is 18.9 Å². The Kier molecular flexibility index (Phi) is 34.4. The minimum atomic E-state index is -0.872. The van der Waals surface area contributed by atoms with Crippen LogP contribution in [0, 0.1) is 47.4 Å². The molecule has 1 aliphatic rings. The molecule has 1 rings (SSSR count). The van der Waals surface area contributed by atoms with Crippen LogP contribution in [0.15, 0.2) is 25.3 Å². The van der Waals surface area contributed by atoms with Crippen LogP contribution in [0.2, 0.25) is 0 Å². The van der Waals surface area contributed by atoms with Gasteiger partial charge in [0.15, 0.2) is 11.6 Å². The van der Waals surface area contributed by atoms with Crippen molar-refractivity contribution in [1.29, 1.82) is 0 Å². The maximum absolute atomic E-state index is 9.75. The van der Waals surface area contributed by atoms with Crippen molar-refractivity contribution in [2.75, 3.05) is 14.2 Å². The van der Waals surface area contributed by atoms with Crippen molar-refractivity contribution >= 4 is 0 Å². The number of hydrogen-bond donors (Lipinski definition) is 4. The summed E-state index contributed by atoms with van der Waals surface area (Å²) < 4.78 is 21.7. The zero-order valence-electron chi connectivity index (χ0n) is 32.4. The van der Waals surface area contributed by atoms with Gasteiger partial charge in [-0.25, -0.2) is 0 Å². The third-order valence-electron chi connectivity index (χ3n) is 7.71. The number of methoxy groups -OCH3 is 2. The van der Waals surface area contributed by atoms with Gasteiger partial charge in [0.05, 0.1) is 24.4 Å². The van der Waals surface area contributed by atoms with Crippen LogP contribution in [0.3, 0.4) is 0 Å². The van der Waals surface area contributed by atoms with E-state index >= 15 is 0 Å². The van der Waals surface area contributed by atoms with Crippen molar-refractivity contribution in [3.63, 3.8) is 0 Å². The van der Waals surface area contributed by atoms with Crippen molar-refractivity contribution in [1.82, 2.24) is 0 Å². The first-order chi connectivity index (χ1) is 23.7. The highest BCUT2D eigenvalue weighted by atomic mass is 16.7. The van der Waals surface area contributed by atoms with Crippen LogP contribution < -0.4 is 0 Å². The summed E-state index contributed by atoms with van der Waals surface area (Å²) in [5, 5.41) is 37.8. The number of aliphatic hydroxyl groups is 4. The van der Waals surface area contributed by atoms with Gasteiger partial charge in [-0.15, -0.1) is 0 Å². The van der Waals surface area contributed by atoms with Crippen molar-refractivity contribution in [2.45, 2.75) is 187 Å². The number of unbranched alkanes of at least 4 members (excludes halogenated alkanes) is 8. The average Bonchev–Trinajstić information content (AvgIpc) is 3.40. The maximum Gasteiger partial charge on any atom is 0.163 e. The molecule has 1 saturated heterocycles. The molecular formula is C43H72O8. The van der Waals surface area contributed by atoms with Crippen LogP contribution in [0.4, 0.5) is 0 Å². The standard InChI is InChI=1S/C20H30O3.C17H26O3.C5H12O2.CH4/c1-5-7-8-9-12-15-18-19(23-20(3,4)22-18)16-13-10-11-14-17(21)6-2;1-3-5-6-7-10-13-16(19)17(20)14-11-8-9-12-15(18)4-2;1-5(2,6-3)7-4;/h6,17-19,21H,2,5,7-9,12,15-16H2,1,3-4H3;4,15-20H,2-3,5-7,10,13-14H2,1H3;1-4H3;1H4/t17-,18-,19-;15-,16-,17-;;/m11../s1. The molecule has 0 spiro atoms. The lowest BCUT2D eigenvalue weighted by molar-refractivity contribution is -0.178. The van der Waals surface area contributed by atoms with Gasteiger partial charge in [-0.1, -0.05) is 134 Å². The molecule has 0 unspecified atom stereocenters. The van der Waals surface area contributed by atoms with Crippen LogP contribution in [-0.4, -0.2) is 82.8 Å². The molecule has 0 amide bonds. The molecular weight excluding hydrogens is 644 g/mol. The zero-order chi connectivity index (χ0) is 38.3. The summed E-state index contributed by atoms with van der Waals surface area (Å²) in [6, 6.07) is 0. The summed E-state index contributed by atoms with van der Waals surface area (Å²) in [5.41, 5.74) is 0. The van der Waals surface area contributed by atoms with Gasteiger partial charge in [-0.05, 0) is 64.2 Å². The molecule has 8 heteroatoms. The Morgan fingerprint density at radius 2 is 1.18 bits per heavy atom. The Balaban J connectivity index is -0.000000754. The average molecular weight is 717 g/mol. The van der Waals surface area contributed by atoms with Gasteiger partial charge < -0.3 is 39.4 Å². The molecule has 6 atom stereocenters. The Bertz CT molecular complexity index is 1130. The minimum absolute atomic E-state index is 0. The normalized spacial score (nSPS) is 17.7. The lowest BCUT2D eigenvalue weighted by atomic mass is 10.0. The fourth-order valence-corrected chi connectivity index (χ4v) is 4.38. The summed E-state index contributed by atoms with van der Waals surface area (Å²) in [7, 11) is 3.23. The SMILES string of the molecule is C.C=C[C@@H](O)C#CC#CC[C@@H](O)[C@H](O)CCCCCCC.C=C[C@@H](O)C#CC#CC[C@H]1OC(C)(C)O[C@@H]1CCCCCCC.COC(C)(C)OC. The smallest absolute Gasteiger partial charge is 0.163 e. The molecule has 0 aromatic carbocycles. The van der Waals surface area contributed by atoms with Gasteiger partial charge in [-0.3, -0.25) is 0 Å². The number of ether oxygens (including phenoxy) is 4. The predicted molar refractivity (Wildman–Crippen MR) is 210 cm³/mol. The monoisotopic (exact) mass is 717 g/mol. The first-order valence-corrected chi connectivity index (χ1v) is 18.1. The van der Waals surface area contributed by atoms with E-state index in [4.69, 9.17) is 24.1 Å². The van der Waals surface area contributed by atoms with Crippen LogP contribution in [0.1, 0.15) is 139 Å². The van der Waals surface area contributed by atoms with Gasteiger partial charge in [0, 0.05) is 27.1 Å². The highest BCUT2D eigenvalue weighted by Gasteiger charge is 2.40. The van der Waals surface area contributed by atoms with E-state index in [2.05, 4.69) is 74.4 Å². The summed E-state index contributed by atoms with van der Waals surface area (Å²) in [5.74, 6) is 20.2. The quantitative estimate of drug-likeness (QED) is 0.0471. The van der Waals surface area contributed by atoms with E-state index in [1.165, 1.54) is 63.5 Å². The largest absolute Gasteiger partial charge is 0.390 e. The Hall–Kier alpha value is -2.60. The van der Waals surface area contributed by atoms with E-state index < -0.39 is 36.0 Å². The second-order valence-corrected chi connectivity index (χ2v) is 13.0. The molecule has 0 bridgehead atoms. The van der Waals surface area contributed by atoms with E-state index in [1.54, 1.807) is 14.2 Å². The van der Waals surface area contributed by atoms with Crippen molar-refractivity contribution in [3.8, 4) is 47.4 Å². The molecule has 1 aliphatic heterocycles. The molecule has 0 aromatic rings. The molecule has 0 saturated carbocycles. The van der Waals surface area contributed by atoms with Crippen molar-refractivity contribution in [3.05, 3.63) is 25.3 Å². The summed E-state index contributed by atoms with van der Waals surface area (Å²) in [6.07, 6.45) is 13.8. The van der Waals surface area contributed by atoms with Gasteiger partial charge in [0.1, 0.15) is 12.2 Å². The van der Waals surface area contributed by atoms with E-state index in [1.807, 2.05) is 27.7 Å². The van der Waals surface area contributed by atoms with Gasteiger partial charge in [0.25, 0.3) is 0 Å². The fraction of sp³-hybridized carbons (Fsp3) is 0.721. The van der Waals surface area contributed by atoms with Gasteiger partial charge in [0.2, 0.25) is 0 Å². The lowest BCUT2D eigenvalue weighted by Crippen LogP contribution is -2.25. The second-order valence-electron chi connectivity index (χ2n) is 13.0. The number of rotatable bonds is 19. The third kappa shape index (κ3) is 31.8. The Morgan fingerprint density at radius 3 is 1.65 bits per heavy atom. The molecule has 0 radical (unpaired) electrons. The molecule has 51 heavy (non-hydrogen) atoms. The Morgan fingerprint density at radius 1 is 0.706 bits per heavy atom. The topological polar surface area (TPSA) is 118 Å². The van der Waals surface area contributed by atoms with Crippen LogP contribution in [0.25, 0.3) is 0 Å². The van der Waals surface area contributed by atoms with Crippen molar-refractivity contribution < 1.29 is 39.4 Å². The molecule has 1 fully saturated rings. The first-order valence-electron chi connectivity index (χ1n) is 18.1. The first kappa shape index (κ1) is 52.8. The maximum atomic E-state index is 9.75. The highest BCUT2D eigenvalue weighted by molar-refractivity contribution is 5.29. The molecule has 0 aromatic heterocycles. The van der Waals surface area contributed by atoms with E-state index in [-0.39, 0.29) is 26.1 Å². The van der Waals surface area contributed by atoms with Crippen LogP contribution in [0.5, 0.6) is 0 Å². The summed E-state index contributed by atoms with van der Waals surface area (Å²) in [6.45, 7) is 18.8. The molecule has 8 nitrogen and oxygen atoms in total. The molecule has 292 valence electrons. The molecule has 0 aliphatic carbocycles. The summed E-state index contributed by atoms with van der Waals surface area (Å²) in [4.78, 5) is 0. The van der Waals surface area contributed by atoms with Gasteiger partial charge >= 0.3 is 0 Å². The van der Waals surface area contributed by atoms with Gasteiger partial charge in [-0.2, -0.15) is 0 Å². The predicted octanol–water partition coefficient (Wildman–Crippen LogP) is 7.47. The number of hydrogen-bond acceptors (Lipinski definition) is 8. The molecule has 1 heterocycles. The van der Waals surface area contributed by atoms with E-state index in [0.29, 0.717) is 12.8 Å². The van der Waals surface area contributed by atoms with Crippen molar-refractivity contribution in [2.24, 2.45) is 0 Å².